The summed E-state index contributed by atoms with van der Waals surface area (Å²) in [7, 11) is 0. The summed E-state index contributed by atoms with van der Waals surface area (Å²) in [5, 5.41) is 9.43. The molecule has 0 heterocycles. The monoisotopic (exact) mass is 156 g/mol. The van der Waals surface area contributed by atoms with Crippen LogP contribution >= 0.6 is 0 Å². The number of allylic oxidation sites excluding steroid dienone is 1. The normalized spacial score (nSPS) is 13.5. The van der Waals surface area contributed by atoms with Gasteiger partial charge in [0.05, 0.1) is 6.10 Å². The van der Waals surface area contributed by atoms with E-state index in [2.05, 4.69) is 20.4 Å². The fourth-order valence-electron chi connectivity index (χ4n) is 1.08. The standard InChI is InChI=1S/C10H20O/c1-8(2)5-6-10(11)7-9(3)4/h9-11H,1,5-7H2,2-4H3. The molecule has 0 aliphatic rings. The maximum atomic E-state index is 9.43. The van der Waals surface area contributed by atoms with Crippen molar-refractivity contribution in [2.24, 2.45) is 5.92 Å². The fraction of sp³-hybridized carbons (Fsp3) is 0.800. The Morgan fingerprint density at radius 2 is 2.00 bits per heavy atom. The lowest BCUT2D eigenvalue weighted by Gasteiger charge is -2.12. The predicted octanol–water partition coefficient (Wildman–Crippen LogP) is 2.75. The molecule has 1 nitrogen and oxygen atoms in total. The van der Waals surface area contributed by atoms with E-state index in [-0.39, 0.29) is 6.10 Å². The number of aliphatic hydroxyl groups is 1. The first-order valence-electron chi connectivity index (χ1n) is 4.34. The van der Waals surface area contributed by atoms with E-state index in [1.807, 2.05) is 6.92 Å². The van der Waals surface area contributed by atoms with Gasteiger partial charge in [-0.05, 0) is 32.1 Å². The van der Waals surface area contributed by atoms with E-state index in [1.54, 1.807) is 0 Å². The smallest absolute Gasteiger partial charge is 0.0545 e. The highest BCUT2D eigenvalue weighted by Crippen LogP contribution is 2.11. The lowest BCUT2D eigenvalue weighted by atomic mass is 10.0. The van der Waals surface area contributed by atoms with Gasteiger partial charge in [0.1, 0.15) is 0 Å². The van der Waals surface area contributed by atoms with Crippen molar-refractivity contribution in [2.75, 3.05) is 0 Å². The largest absolute Gasteiger partial charge is 0.393 e. The molecule has 0 amide bonds. The average molecular weight is 156 g/mol. The highest BCUT2D eigenvalue weighted by atomic mass is 16.3. The quantitative estimate of drug-likeness (QED) is 0.607. The third-order valence-electron chi connectivity index (χ3n) is 1.65. The Bertz CT molecular complexity index is 116. The van der Waals surface area contributed by atoms with E-state index in [9.17, 15) is 5.11 Å². The number of rotatable bonds is 5. The van der Waals surface area contributed by atoms with Gasteiger partial charge >= 0.3 is 0 Å². The topological polar surface area (TPSA) is 20.2 Å². The van der Waals surface area contributed by atoms with Crippen LogP contribution in [0.5, 0.6) is 0 Å². The molecule has 0 rings (SSSR count). The molecule has 66 valence electrons. The van der Waals surface area contributed by atoms with Crippen molar-refractivity contribution >= 4 is 0 Å². The molecule has 0 aromatic heterocycles. The first-order chi connectivity index (χ1) is 5.02. The SMILES string of the molecule is C=C(C)CCC(O)CC(C)C. The van der Waals surface area contributed by atoms with Crippen molar-refractivity contribution < 1.29 is 5.11 Å². The van der Waals surface area contributed by atoms with Crippen LogP contribution in [0.2, 0.25) is 0 Å². The van der Waals surface area contributed by atoms with Crippen molar-refractivity contribution in [3.63, 3.8) is 0 Å². The molecule has 11 heavy (non-hydrogen) atoms. The molecule has 0 saturated heterocycles. The fourth-order valence-corrected chi connectivity index (χ4v) is 1.08. The van der Waals surface area contributed by atoms with Crippen LogP contribution in [0.4, 0.5) is 0 Å². The van der Waals surface area contributed by atoms with Crippen molar-refractivity contribution in [3.8, 4) is 0 Å². The second-order valence-corrected chi connectivity index (χ2v) is 3.78. The zero-order valence-corrected chi connectivity index (χ0v) is 7.93. The molecule has 0 radical (unpaired) electrons. The minimum Gasteiger partial charge on any atom is -0.393 e. The molecule has 0 aromatic rings. The summed E-state index contributed by atoms with van der Waals surface area (Å²) in [6.45, 7) is 10.1. The molecule has 0 bridgehead atoms. The first kappa shape index (κ1) is 10.7. The molecule has 0 fully saturated rings. The molecule has 1 N–H and O–H groups in total. The Balaban J connectivity index is 3.37. The summed E-state index contributed by atoms with van der Waals surface area (Å²) in [5.74, 6) is 0.593. The van der Waals surface area contributed by atoms with Gasteiger partial charge in [0.15, 0.2) is 0 Å². The Hall–Kier alpha value is -0.300. The van der Waals surface area contributed by atoms with Crippen molar-refractivity contribution in [1.82, 2.24) is 0 Å². The Morgan fingerprint density at radius 1 is 1.45 bits per heavy atom. The van der Waals surface area contributed by atoms with Crippen LogP contribution in [-0.4, -0.2) is 11.2 Å². The van der Waals surface area contributed by atoms with Crippen LogP contribution in [0.15, 0.2) is 12.2 Å². The molecule has 0 aromatic carbocycles. The van der Waals surface area contributed by atoms with Crippen molar-refractivity contribution in [3.05, 3.63) is 12.2 Å². The maximum absolute atomic E-state index is 9.43. The van der Waals surface area contributed by atoms with Gasteiger partial charge in [-0.3, -0.25) is 0 Å². The van der Waals surface area contributed by atoms with E-state index >= 15 is 0 Å². The van der Waals surface area contributed by atoms with Gasteiger partial charge in [-0.2, -0.15) is 0 Å². The average Bonchev–Trinajstić information content (AvgIpc) is 1.82. The third kappa shape index (κ3) is 7.60. The minimum absolute atomic E-state index is 0.133. The Labute approximate surface area is 70.1 Å². The van der Waals surface area contributed by atoms with Crippen LogP contribution in [0.3, 0.4) is 0 Å². The summed E-state index contributed by atoms with van der Waals surface area (Å²) < 4.78 is 0. The van der Waals surface area contributed by atoms with Crippen LogP contribution < -0.4 is 0 Å². The molecule has 0 aliphatic heterocycles. The zero-order valence-electron chi connectivity index (χ0n) is 7.93. The highest BCUT2D eigenvalue weighted by molar-refractivity contribution is 4.88. The second kappa shape index (κ2) is 5.36. The van der Waals surface area contributed by atoms with Crippen LogP contribution in [0.1, 0.15) is 40.0 Å². The lowest BCUT2D eigenvalue weighted by Crippen LogP contribution is -2.09. The lowest BCUT2D eigenvalue weighted by molar-refractivity contribution is 0.140. The Morgan fingerprint density at radius 3 is 2.36 bits per heavy atom. The molecule has 1 atom stereocenters. The molecule has 0 spiro atoms. The molecule has 0 saturated carbocycles. The van der Waals surface area contributed by atoms with Crippen LogP contribution in [0, 0.1) is 5.92 Å². The van der Waals surface area contributed by atoms with Gasteiger partial charge in [-0.15, -0.1) is 6.58 Å². The summed E-state index contributed by atoms with van der Waals surface area (Å²) >= 11 is 0. The summed E-state index contributed by atoms with van der Waals surface area (Å²) in [5.41, 5.74) is 1.16. The van der Waals surface area contributed by atoms with E-state index in [0.29, 0.717) is 5.92 Å². The van der Waals surface area contributed by atoms with Crippen LogP contribution in [0.25, 0.3) is 0 Å². The summed E-state index contributed by atoms with van der Waals surface area (Å²) in [6.07, 6.45) is 2.60. The van der Waals surface area contributed by atoms with Gasteiger partial charge in [0.25, 0.3) is 0 Å². The van der Waals surface area contributed by atoms with Crippen molar-refractivity contribution in [2.45, 2.75) is 46.1 Å². The van der Waals surface area contributed by atoms with Gasteiger partial charge in [-0.1, -0.05) is 19.4 Å². The molecule has 0 aliphatic carbocycles. The molecule has 1 unspecified atom stereocenters. The van der Waals surface area contributed by atoms with Crippen LogP contribution in [-0.2, 0) is 0 Å². The van der Waals surface area contributed by atoms with Gasteiger partial charge in [0.2, 0.25) is 0 Å². The van der Waals surface area contributed by atoms with Gasteiger partial charge in [-0.25, -0.2) is 0 Å². The first-order valence-corrected chi connectivity index (χ1v) is 4.34. The number of hydrogen-bond donors (Lipinski definition) is 1. The van der Waals surface area contributed by atoms with E-state index in [0.717, 1.165) is 24.8 Å². The molecular weight excluding hydrogens is 136 g/mol. The van der Waals surface area contributed by atoms with Crippen molar-refractivity contribution in [1.29, 1.82) is 0 Å². The Kier molecular flexibility index (Phi) is 5.22. The number of aliphatic hydroxyl groups excluding tert-OH is 1. The summed E-state index contributed by atoms with van der Waals surface area (Å²) in [4.78, 5) is 0. The minimum atomic E-state index is -0.133. The second-order valence-electron chi connectivity index (χ2n) is 3.78. The zero-order chi connectivity index (χ0) is 8.85. The third-order valence-corrected chi connectivity index (χ3v) is 1.65. The van der Waals surface area contributed by atoms with E-state index in [1.165, 1.54) is 0 Å². The van der Waals surface area contributed by atoms with E-state index in [4.69, 9.17) is 0 Å². The van der Waals surface area contributed by atoms with Gasteiger partial charge in [0, 0.05) is 0 Å². The van der Waals surface area contributed by atoms with E-state index < -0.39 is 0 Å². The molecule has 1 heteroatoms. The van der Waals surface area contributed by atoms with Gasteiger partial charge < -0.3 is 5.11 Å². The maximum Gasteiger partial charge on any atom is 0.0545 e. The molecular formula is C10H20O. The number of hydrogen-bond acceptors (Lipinski definition) is 1. The highest BCUT2D eigenvalue weighted by Gasteiger charge is 2.05. The predicted molar refractivity (Wildman–Crippen MR) is 49.5 cm³/mol. The summed E-state index contributed by atoms with van der Waals surface area (Å²) in [6, 6.07) is 0.